The van der Waals surface area contributed by atoms with Gasteiger partial charge in [-0.1, -0.05) is 0 Å². The molecule has 2 aromatic heterocycles. The Hall–Kier alpha value is -1.78. The predicted molar refractivity (Wildman–Crippen MR) is 44.2 cm³/mol. The van der Waals surface area contributed by atoms with Crippen LogP contribution >= 0.6 is 0 Å². The van der Waals surface area contributed by atoms with Crippen molar-refractivity contribution in [1.82, 2.24) is 14.8 Å². The van der Waals surface area contributed by atoms with Crippen molar-refractivity contribution in [2.24, 2.45) is 7.05 Å². The van der Waals surface area contributed by atoms with Gasteiger partial charge in [-0.2, -0.15) is 0 Å². The lowest BCUT2D eigenvalue weighted by Gasteiger charge is -1.90. The van der Waals surface area contributed by atoms with Crippen LogP contribution in [0, 0.1) is 0 Å². The van der Waals surface area contributed by atoms with Crippen LogP contribution in [-0.2, 0) is 7.05 Å². The Morgan fingerprint density at radius 1 is 1.42 bits per heavy atom. The number of hydrogen-bond donors (Lipinski definition) is 2. The molecular formula is C7H7N3O2. The Morgan fingerprint density at radius 3 is 2.92 bits per heavy atom. The number of aryl methyl sites for hydroxylation is 1. The number of hydrogen-bond acceptors (Lipinski definition) is 2. The maximum absolute atomic E-state index is 11.1. The van der Waals surface area contributed by atoms with E-state index >= 15 is 0 Å². The summed E-state index contributed by atoms with van der Waals surface area (Å²) in [5.41, 5.74) is 0.213. The Balaban J connectivity index is 3.10. The van der Waals surface area contributed by atoms with Crippen molar-refractivity contribution in [2.75, 3.05) is 0 Å². The highest BCUT2D eigenvalue weighted by Gasteiger charge is 2.02. The van der Waals surface area contributed by atoms with Gasteiger partial charge in [-0.05, 0) is 0 Å². The van der Waals surface area contributed by atoms with Crippen LogP contribution in [-0.4, -0.2) is 14.8 Å². The Labute approximate surface area is 66.6 Å². The highest BCUT2D eigenvalue weighted by molar-refractivity contribution is 5.76. The fraction of sp³-hybridized carbons (Fsp3) is 0.143. The second-order valence-corrected chi connectivity index (χ2v) is 2.60. The fourth-order valence-corrected chi connectivity index (χ4v) is 1.19. The van der Waals surface area contributed by atoms with Gasteiger partial charge in [0.1, 0.15) is 0 Å². The van der Waals surface area contributed by atoms with Gasteiger partial charge in [0.25, 0.3) is 5.56 Å². The number of aromatic amines is 2. The number of nitrogens with zero attached hydrogens (tertiary/aromatic N) is 1. The monoisotopic (exact) mass is 165 g/mol. The van der Waals surface area contributed by atoms with Crippen molar-refractivity contribution < 1.29 is 0 Å². The summed E-state index contributed by atoms with van der Waals surface area (Å²) < 4.78 is 1.52. The van der Waals surface area contributed by atoms with Gasteiger partial charge >= 0.3 is 0 Å². The molecule has 12 heavy (non-hydrogen) atoms. The number of pyridine rings is 1. The summed E-state index contributed by atoms with van der Waals surface area (Å²) in [6.45, 7) is 0. The first-order valence-corrected chi connectivity index (χ1v) is 3.46. The molecule has 0 spiro atoms. The number of rotatable bonds is 0. The average molecular weight is 165 g/mol. The van der Waals surface area contributed by atoms with Gasteiger partial charge in [0.2, 0.25) is 5.56 Å². The molecule has 0 radical (unpaired) electrons. The topological polar surface area (TPSA) is 70.7 Å². The Kier molecular flexibility index (Phi) is 1.21. The van der Waals surface area contributed by atoms with E-state index in [4.69, 9.17) is 0 Å². The van der Waals surface area contributed by atoms with Crippen LogP contribution in [0.15, 0.2) is 21.9 Å². The second kappa shape index (κ2) is 2.10. The molecule has 0 saturated heterocycles. The van der Waals surface area contributed by atoms with Crippen LogP contribution in [0.25, 0.3) is 10.9 Å². The predicted octanol–water partition coefficient (Wildman–Crippen LogP) is -0.445. The minimum Gasteiger partial charge on any atom is -0.328 e. The lowest BCUT2D eigenvalue weighted by molar-refractivity contribution is 0.783. The number of aromatic nitrogens is 3. The summed E-state index contributed by atoms with van der Waals surface area (Å²) in [4.78, 5) is 24.4. The van der Waals surface area contributed by atoms with Gasteiger partial charge in [-0.3, -0.25) is 19.4 Å². The second-order valence-electron chi connectivity index (χ2n) is 2.60. The van der Waals surface area contributed by atoms with Gasteiger partial charge < -0.3 is 4.98 Å². The SMILES string of the molecule is Cn1[nH]c(=O)c2c[nH]c(=O)cc21. The van der Waals surface area contributed by atoms with E-state index in [9.17, 15) is 9.59 Å². The van der Waals surface area contributed by atoms with Crippen LogP contribution < -0.4 is 11.1 Å². The molecule has 0 saturated carbocycles. The van der Waals surface area contributed by atoms with E-state index in [1.165, 1.54) is 16.9 Å². The normalized spacial score (nSPS) is 10.8. The zero-order valence-corrected chi connectivity index (χ0v) is 6.42. The van der Waals surface area contributed by atoms with Crippen LogP contribution in [0.5, 0.6) is 0 Å². The zero-order chi connectivity index (χ0) is 8.72. The summed E-state index contributed by atoms with van der Waals surface area (Å²) >= 11 is 0. The zero-order valence-electron chi connectivity index (χ0n) is 6.42. The van der Waals surface area contributed by atoms with Gasteiger partial charge in [0, 0.05) is 19.3 Å². The molecule has 0 bridgehead atoms. The highest BCUT2D eigenvalue weighted by Crippen LogP contribution is 2.01. The quantitative estimate of drug-likeness (QED) is 0.555. The molecule has 5 heteroatoms. The van der Waals surface area contributed by atoms with E-state index in [2.05, 4.69) is 10.1 Å². The molecule has 2 N–H and O–H groups in total. The highest BCUT2D eigenvalue weighted by atomic mass is 16.1. The summed E-state index contributed by atoms with van der Waals surface area (Å²) in [5.74, 6) is 0. The smallest absolute Gasteiger partial charge is 0.273 e. The van der Waals surface area contributed by atoms with E-state index in [-0.39, 0.29) is 11.1 Å². The van der Waals surface area contributed by atoms with Crippen LogP contribution in [0.1, 0.15) is 0 Å². The minimum atomic E-state index is -0.211. The largest absolute Gasteiger partial charge is 0.328 e. The van der Waals surface area contributed by atoms with E-state index < -0.39 is 0 Å². The van der Waals surface area contributed by atoms with Gasteiger partial charge in [0.05, 0.1) is 10.9 Å². The van der Waals surface area contributed by atoms with Crippen molar-refractivity contribution >= 4 is 10.9 Å². The van der Waals surface area contributed by atoms with Crippen LogP contribution in [0.2, 0.25) is 0 Å². The van der Waals surface area contributed by atoms with E-state index in [1.807, 2.05) is 0 Å². The molecule has 0 aliphatic rings. The lowest BCUT2D eigenvalue weighted by atomic mass is 10.3. The third-order valence-corrected chi connectivity index (χ3v) is 1.78. The molecule has 2 heterocycles. The first-order chi connectivity index (χ1) is 5.68. The molecule has 0 fully saturated rings. The van der Waals surface area contributed by atoms with Crippen LogP contribution in [0.4, 0.5) is 0 Å². The van der Waals surface area contributed by atoms with Crippen molar-refractivity contribution in [2.45, 2.75) is 0 Å². The van der Waals surface area contributed by atoms with Gasteiger partial charge in [-0.15, -0.1) is 0 Å². The standard InChI is InChI=1S/C7H7N3O2/c1-10-5-2-6(11)8-3-4(5)7(12)9-10/h2-3H,1H3,(H,8,11)(H,9,12). The summed E-state index contributed by atoms with van der Waals surface area (Å²) in [6.07, 6.45) is 1.41. The summed E-state index contributed by atoms with van der Waals surface area (Å²) in [6, 6.07) is 1.38. The Bertz CT molecular complexity index is 531. The maximum Gasteiger partial charge on any atom is 0.273 e. The van der Waals surface area contributed by atoms with E-state index in [0.717, 1.165) is 0 Å². The van der Waals surface area contributed by atoms with Crippen molar-refractivity contribution in [3.05, 3.63) is 33.0 Å². The molecular weight excluding hydrogens is 158 g/mol. The molecule has 5 nitrogen and oxygen atoms in total. The molecule has 2 aromatic rings. The van der Waals surface area contributed by atoms with Crippen molar-refractivity contribution in [3.8, 4) is 0 Å². The number of fused-ring (bicyclic) bond motifs is 1. The number of nitrogens with one attached hydrogen (secondary N) is 2. The molecule has 0 aliphatic heterocycles. The maximum atomic E-state index is 11.1. The minimum absolute atomic E-state index is 0.191. The molecule has 0 unspecified atom stereocenters. The van der Waals surface area contributed by atoms with Gasteiger partial charge in [0.15, 0.2) is 0 Å². The van der Waals surface area contributed by atoms with Gasteiger partial charge in [-0.25, -0.2) is 0 Å². The van der Waals surface area contributed by atoms with E-state index in [1.54, 1.807) is 7.05 Å². The van der Waals surface area contributed by atoms with E-state index in [0.29, 0.717) is 10.9 Å². The first kappa shape index (κ1) is 6.90. The third-order valence-electron chi connectivity index (χ3n) is 1.78. The fourth-order valence-electron chi connectivity index (χ4n) is 1.19. The Morgan fingerprint density at radius 2 is 2.17 bits per heavy atom. The van der Waals surface area contributed by atoms with Crippen LogP contribution in [0.3, 0.4) is 0 Å². The average Bonchev–Trinajstić information content (AvgIpc) is 2.28. The molecule has 62 valence electrons. The molecule has 0 aromatic carbocycles. The summed E-state index contributed by atoms with van der Waals surface area (Å²) in [7, 11) is 1.68. The molecule has 0 atom stereocenters. The summed E-state index contributed by atoms with van der Waals surface area (Å²) in [5, 5.41) is 3.04. The van der Waals surface area contributed by atoms with Crippen molar-refractivity contribution in [3.63, 3.8) is 0 Å². The number of H-pyrrole nitrogens is 2. The first-order valence-electron chi connectivity index (χ1n) is 3.46. The molecule has 0 aliphatic carbocycles. The van der Waals surface area contributed by atoms with Crippen molar-refractivity contribution in [1.29, 1.82) is 0 Å². The third kappa shape index (κ3) is 0.795. The molecule has 0 amide bonds. The molecule has 2 rings (SSSR count). The lowest BCUT2D eigenvalue weighted by Crippen LogP contribution is -2.04.